The van der Waals surface area contributed by atoms with Gasteiger partial charge in [0.2, 0.25) is 5.78 Å². The van der Waals surface area contributed by atoms with Crippen LogP contribution in [0.15, 0.2) is 0 Å². The van der Waals surface area contributed by atoms with Gasteiger partial charge in [0.15, 0.2) is 0 Å². The van der Waals surface area contributed by atoms with Crippen molar-refractivity contribution in [3.05, 3.63) is 0 Å². The summed E-state index contributed by atoms with van der Waals surface area (Å²) in [5, 5.41) is 0. The number of halogens is 2. The van der Waals surface area contributed by atoms with Gasteiger partial charge in [-0.25, -0.2) is 0 Å². The Bertz CT molecular complexity index is 168. The predicted octanol–water partition coefficient (Wildman–Crippen LogP) is 1.64. The third-order valence-corrected chi connectivity index (χ3v) is 2.02. The Labute approximate surface area is 69.9 Å². The summed E-state index contributed by atoms with van der Waals surface area (Å²) in [5.74, 6) is -4.62. The second-order valence-corrected chi connectivity index (χ2v) is 3.14. The van der Waals surface area contributed by atoms with Crippen LogP contribution in [0.3, 0.4) is 0 Å². The average Bonchev–Trinajstić information content (AvgIpc) is 2.03. The molecule has 0 saturated carbocycles. The first-order valence-electron chi connectivity index (χ1n) is 4.01. The number of Topliss-reactive ketones (excluding diaryl/α,β-unsaturated/α-hetero) is 1. The zero-order chi connectivity index (χ0) is 9.19. The largest absolute Gasteiger partial charge is 0.381 e. The summed E-state index contributed by atoms with van der Waals surface area (Å²) in [5.41, 5.74) is 0. The van der Waals surface area contributed by atoms with Crippen LogP contribution in [0.25, 0.3) is 0 Å². The molecule has 1 saturated heterocycles. The van der Waals surface area contributed by atoms with E-state index >= 15 is 0 Å². The molecule has 0 aromatic heterocycles. The lowest BCUT2D eigenvalue weighted by Crippen LogP contribution is -2.34. The van der Waals surface area contributed by atoms with Crippen molar-refractivity contribution in [2.24, 2.45) is 5.92 Å². The van der Waals surface area contributed by atoms with Crippen LogP contribution >= 0.6 is 0 Å². The van der Waals surface area contributed by atoms with Crippen molar-refractivity contribution in [3.63, 3.8) is 0 Å². The fourth-order valence-corrected chi connectivity index (χ4v) is 1.32. The van der Waals surface area contributed by atoms with E-state index in [4.69, 9.17) is 4.74 Å². The summed E-state index contributed by atoms with van der Waals surface area (Å²) >= 11 is 0. The topological polar surface area (TPSA) is 26.3 Å². The van der Waals surface area contributed by atoms with Crippen LogP contribution in [0.5, 0.6) is 0 Å². The van der Waals surface area contributed by atoms with Gasteiger partial charge in [-0.15, -0.1) is 0 Å². The minimum absolute atomic E-state index is 0.423. The number of ether oxygens (including phenoxy) is 1. The SMILES string of the molecule is CC(F)(F)C(=O)C1CCOCC1. The van der Waals surface area contributed by atoms with Crippen LogP contribution in [0.2, 0.25) is 0 Å². The predicted molar refractivity (Wildman–Crippen MR) is 39.2 cm³/mol. The second-order valence-electron chi connectivity index (χ2n) is 3.14. The summed E-state index contributed by atoms with van der Waals surface area (Å²) in [6.07, 6.45) is 0.866. The zero-order valence-electron chi connectivity index (χ0n) is 6.98. The van der Waals surface area contributed by atoms with Gasteiger partial charge in [0, 0.05) is 26.1 Å². The van der Waals surface area contributed by atoms with E-state index in [0.717, 1.165) is 0 Å². The molecule has 1 aliphatic heterocycles. The van der Waals surface area contributed by atoms with Crippen molar-refractivity contribution in [2.45, 2.75) is 25.7 Å². The molecule has 4 heteroatoms. The average molecular weight is 178 g/mol. The van der Waals surface area contributed by atoms with E-state index in [1.165, 1.54) is 0 Å². The van der Waals surface area contributed by atoms with Crippen LogP contribution in [-0.4, -0.2) is 24.9 Å². The Morgan fingerprint density at radius 1 is 1.42 bits per heavy atom. The first-order chi connectivity index (χ1) is 5.52. The molecule has 0 aliphatic carbocycles. The molecule has 0 spiro atoms. The molecule has 0 aromatic carbocycles. The molecule has 1 heterocycles. The molecule has 0 amide bonds. The maximum Gasteiger partial charge on any atom is 0.302 e. The standard InChI is InChI=1S/C8H12F2O2/c1-8(9,10)7(11)6-2-4-12-5-3-6/h6H,2-5H2,1H3. The molecule has 1 fully saturated rings. The first-order valence-corrected chi connectivity index (χ1v) is 4.01. The Morgan fingerprint density at radius 2 is 1.92 bits per heavy atom. The molecular formula is C8H12F2O2. The number of carbonyl (C=O) groups is 1. The maximum absolute atomic E-state index is 12.5. The molecule has 1 aliphatic rings. The molecule has 70 valence electrons. The van der Waals surface area contributed by atoms with Crippen molar-refractivity contribution < 1.29 is 18.3 Å². The minimum atomic E-state index is -3.18. The Kier molecular flexibility index (Phi) is 2.77. The van der Waals surface area contributed by atoms with E-state index in [9.17, 15) is 13.6 Å². The number of alkyl halides is 2. The third-order valence-electron chi connectivity index (χ3n) is 2.02. The molecule has 0 radical (unpaired) electrons. The van der Waals surface area contributed by atoms with Crippen LogP contribution in [0.4, 0.5) is 8.78 Å². The number of carbonyl (C=O) groups excluding carboxylic acids is 1. The van der Waals surface area contributed by atoms with E-state index < -0.39 is 17.6 Å². The van der Waals surface area contributed by atoms with E-state index in [1.807, 2.05) is 0 Å². The van der Waals surface area contributed by atoms with Crippen LogP contribution in [-0.2, 0) is 9.53 Å². The van der Waals surface area contributed by atoms with Crippen LogP contribution in [0.1, 0.15) is 19.8 Å². The summed E-state index contributed by atoms with van der Waals surface area (Å²) in [6, 6.07) is 0. The quantitative estimate of drug-likeness (QED) is 0.642. The van der Waals surface area contributed by atoms with Crippen molar-refractivity contribution in [1.82, 2.24) is 0 Å². The van der Waals surface area contributed by atoms with Gasteiger partial charge in [-0.2, -0.15) is 8.78 Å². The lowest BCUT2D eigenvalue weighted by Gasteiger charge is -2.23. The molecule has 0 aromatic rings. The zero-order valence-corrected chi connectivity index (χ0v) is 6.98. The third kappa shape index (κ3) is 2.24. The van der Waals surface area contributed by atoms with Crippen molar-refractivity contribution >= 4 is 5.78 Å². The van der Waals surface area contributed by atoms with Gasteiger partial charge in [0.25, 0.3) is 0 Å². The van der Waals surface area contributed by atoms with E-state index in [2.05, 4.69) is 0 Å². The van der Waals surface area contributed by atoms with E-state index in [0.29, 0.717) is 33.0 Å². The molecule has 0 N–H and O–H groups in total. The normalized spacial score (nSPS) is 20.9. The highest BCUT2D eigenvalue weighted by molar-refractivity contribution is 5.87. The summed E-state index contributed by atoms with van der Waals surface area (Å²) in [4.78, 5) is 11.0. The van der Waals surface area contributed by atoms with Gasteiger partial charge in [-0.1, -0.05) is 0 Å². The number of hydrogen-bond acceptors (Lipinski definition) is 2. The van der Waals surface area contributed by atoms with Gasteiger partial charge in [-0.05, 0) is 12.8 Å². The molecule has 12 heavy (non-hydrogen) atoms. The van der Waals surface area contributed by atoms with Gasteiger partial charge in [0.1, 0.15) is 0 Å². The van der Waals surface area contributed by atoms with Crippen molar-refractivity contribution in [3.8, 4) is 0 Å². The summed E-state index contributed by atoms with van der Waals surface area (Å²) < 4.78 is 30.0. The lowest BCUT2D eigenvalue weighted by molar-refractivity contribution is -0.147. The number of rotatable bonds is 2. The maximum atomic E-state index is 12.5. The van der Waals surface area contributed by atoms with E-state index in [-0.39, 0.29) is 0 Å². The molecule has 0 unspecified atom stereocenters. The Hall–Kier alpha value is -0.510. The fourth-order valence-electron chi connectivity index (χ4n) is 1.32. The second kappa shape index (κ2) is 3.47. The van der Waals surface area contributed by atoms with Gasteiger partial charge in [0.05, 0.1) is 0 Å². The summed E-state index contributed by atoms with van der Waals surface area (Å²) in [6.45, 7) is 1.50. The highest BCUT2D eigenvalue weighted by Gasteiger charge is 2.38. The molecule has 0 atom stereocenters. The molecule has 0 bridgehead atoms. The smallest absolute Gasteiger partial charge is 0.302 e. The molecule has 2 nitrogen and oxygen atoms in total. The highest BCUT2D eigenvalue weighted by atomic mass is 19.3. The number of ketones is 1. The lowest BCUT2D eigenvalue weighted by atomic mass is 9.92. The van der Waals surface area contributed by atoms with Crippen LogP contribution < -0.4 is 0 Å². The van der Waals surface area contributed by atoms with Gasteiger partial charge >= 0.3 is 5.92 Å². The van der Waals surface area contributed by atoms with E-state index in [1.54, 1.807) is 0 Å². The number of hydrogen-bond donors (Lipinski definition) is 0. The highest BCUT2D eigenvalue weighted by Crippen LogP contribution is 2.25. The monoisotopic (exact) mass is 178 g/mol. The fraction of sp³-hybridized carbons (Fsp3) is 0.875. The molecular weight excluding hydrogens is 166 g/mol. The Morgan fingerprint density at radius 3 is 2.33 bits per heavy atom. The van der Waals surface area contributed by atoms with Gasteiger partial charge < -0.3 is 4.74 Å². The van der Waals surface area contributed by atoms with Gasteiger partial charge in [-0.3, -0.25) is 4.79 Å². The van der Waals surface area contributed by atoms with Crippen molar-refractivity contribution in [2.75, 3.05) is 13.2 Å². The minimum Gasteiger partial charge on any atom is -0.381 e. The van der Waals surface area contributed by atoms with Crippen molar-refractivity contribution in [1.29, 1.82) is 0 Å². The Balaban J connectivity index is 2.51. The molecule has 1 rings (SSSR count). The summed E-state index contributed by atoms with van der Waals surface area (Å²) in [7, 11) is 0. The first kappa shape index (κ1) is 9.58. The van der Waals surface area contributed by atoms with Crippen LogP contribution in [0, 0.1) is 5.92 Å².